The third-order valence-corrected chi connectivity index (χ3v) is 5.49. The lowest BCUT2D eigenvalue weighted by atomic mass is 10.1. The van der Waals surface area contributed by atoms with E-state index >= 15 is 0 Å². The van der Waals surface area contributed by atoms with Crippen molar-refractivity contribution in [1.29, 1.82) is 5.26 Å². The highest BCUT2D eigenvalue weighted by Gasteiger charge is 2.18. The van der Waals surface area contributed by atoms with Gasteiger partial charge in [-0.3, -0.25) is 4.79 Å². The van der Waals surface area contributed by atoms with Crippen molar-refractivity contribution in [2.45, 2.75) is 26.7 Å². The first-order valence-electron chi connectivity index (χ1n) is 10.1. The van der Waals surface area contributed by atoms with Gasteiger partial charge in [0.15, 0.2) is 6.61 Å². The second kappa shape index (κ2) is 8.42. The van der Waals surface area contributed by atoms with Crippen LogP contribution in [0.25, 0.3) is 22.7 Å². The lowest BCUT2D eigenvalue weighted by molar-refractivity contribution is -0.132. The Kier molecular flexibility index (Phi) is 5.53. The molecule has 6 heteroatoms. The molecule has 30 heavy (non-hydrogen) atoms. The van der Waals surface area contributed by atoms with Gasteiger partial charge in [-0.05, 0) is 73.7 Å². The van der Waals surface area contributed by atoms with Crippen LogP contribution in [0.1, 0.15) is 35.4 Å². The number of nitriles is 1. The van der Waals surface area contributed by atoms with Gasteiger partial charge >= 0.3 is 0 Å². The van der Waals surface area contributed by atoms with E-state index in [1.54, 1.807) is 6.08 Å². The highest BCUT2D eigenvalue weighted by atomic mass is 16.5. The normalized spacial score (nSPS) is 14.2. The van der Waals surface area contributed by atoms with Gasteiger partial charge in [0.25, 0.3) is 5.91 Å². The standard InChI is InChI=1S/C24H24N4O2/c1-16-11-21-22(12-17(16)2)27-24(26-21)19(14-25)13-18-5-7-20(8-6-18)30-15-23(29)28-9-3-4-10-28/h5-8,11-13H,3-4,9-10,15H2,1-2H3,(H,26,27). The Bertz CT molecular complexity index is 1110. The number of nitrogens with zero attached hydrogens (tertiary/aromatic N) is 3. The van der Waals surface area contributed by atoms with Crippen LogP contribution in [0.15, 0.2) is 36.4 Å². The highest BCUT2D eigenvalue weighted by Crippen LogP contribution is 2.23. The Morgan fingerprint density at radius 3 is 2.60 bits per heavy atom. The summed E-state index contributed by atoms with van der Waals surface area (Å²) < 4.78 is 5.62. The number of carbonyl (C=O) groups excluding carboxylic acids is 1. The van der Waals surface area contributed by atoms with Crippen LogP contribution < -0.4 is 4.74 Å². The summed E-state index contributed by atoms with van der Waals surface area (Å²) in [5.74, 6) is 1.21. The molecule has 4 rings (SSSR count). The number of fused-ring (bicyclic) bond motifs is 1. The Morgan fingerprint density at radius 1 is 1.20 bits per heavy atom. The fraction of sp³-hybridized carbons (Fsp3) is 0.292. The van der Waals surface area contributed by atoms with Crippen molar-refractivity contribution < 1.29 is 9.53 Å². The van der Waals surface area contributed by atoms with Crippen molar-refractivity contribution in [2.75, 3.05) is 19.7 Å². The minimum Gasteiger partial charge on any atom is -0.484 e. The Hall–Kier alpha value is -3.59. The van der Waals surface area contributed by atoms with Gasteiger partial charge in [-0.2, -0.15) is 5.26 Å². The van der Waals surface area contributed by atoms with Crippen LogP contribution in [0.5, 0.6) is 5.75 Å². The average molecular weight is 400 g/mol. The minimum atomic E-state index is 0.0265. The molecule has 1 fully saturated rings. The molecule has 1 aliphatic heterocycles. The Labute approximate surface area is 175 Å². The number of aromatic nitrogens is 2. The van der Waals surface area contributed by atoms with E-state index in [2.05, 4.69) is 23.0 Å². The number of nitrogens with one attached hydrogen (secondary N) is 1. The fourth-order valence-corrected chi connectivity index (χ4v) is 3.58. The van der Waals surface area contributed by atoms with E-state index in [9.17, 15) is 10.1 Å². The van der Waals surface area contributed by atoms with Crippen molar-refractivity contribution >= 4 is 28.6 Å². The lowest BCUT2D eigenvalue weighted by Gasteiger charge is -2.15. The molecule has 3 aromatic rings. The maximum atomic E-state index is 12.1. The van der Waals surface area contributed by atoms with E-state index in [1.165, 1.54) is 11.1 Å². The zero-order valence-electron chi connectivity index (χ0n) is 17.2. The summed E-state index contributed by atoms with van der Waals surface area (Å²) in [6.45, 7) is 5.80. The van der Waals surface area contributed by atoms with Gasteiger partial charge in [0.05, 0.1) is 16.6 Å². The topological polar surface area (TPSA) is 82.0 Å². The molecule has 0 spiro atoms. The molecule has 1 aliphatic rings. The number of aromatic amines is 1. The maximum Gasteiger partial charge on any atom is 0.260 e. The summed E-state index contributed by atoms with van der Waals surface area (Å²) in [6, 6.07) is 13.6. The van der Waals surface area contributed by atoms with Gasteiger partial charge in [-0.1, -0.05) is 12.1 Å². The molecule has 0 bridgehead atoms. The number of H-pyrrole nitrogens is 1. The molecule has 0 unspecified atom stereocenters. The summed E-state index contributed by atoms with van der Waals surface area (Å²) in [6.07, 6.45) is 3.92. The quantitative estimate of drug-likeness (QED) is 0.649. The number of carbonyl (C=O) groups is 1. The van der Waals surface area contributed by atoms with Crippen molar-refractivity contribution in [3.8, 4) is 11.8 Å². The summed E-state index contributed by atoms with van der Waals surface area (Å²) in [5, 5.41) is 9.63. The predicted octanol–water partition coefficient (Wildman–Crippen LogP) is 4.25. The zero-order chi connectivity index (χ0) is 21.1. The summed E-state index contributed by atoms with van der Waals surface area (Å²) >= 11 is 0. The molecule has 1 amide bonds. The van der Waals surface area contributed by atoms with Gasteiger partial charge in [0.1, 0.15) is 17.6 Å². The molecule has 2 heterocycles. The monoisotopic (exact) mass is 400 g/mol. The second-order valence-electron chi connectivity index (χ2n) is 7.65. The maximum absolute atomic E-state index is 12.1. The number of allylic oxidation sites excluding steroid dienone is 1. The molecule has 1 saturated heterocycles. The highest BCUT2D eigenvalue weighted by molar-refractivity contribution is 5.90. The molecular weight excluding hydrogens is 376 g/mol. The molecule has 0 saturated carbocycles. The first kappa shape index (κ1) is 19.7. The van der Waals surface area contributed by atoms with Gasteiger partial charge in [0.2, 0.25) is 0 Å². The number of rotatable bonds is 5. The first-order valence-corrected chi connectivity index (χ1v) is 10.1. The van der Waals surface area contributed by atoms with Gasteiger partial charge < -0.3 is 14.6 Å². The molecule has 2 aromatic carbocycles. The lowest BCUT2D eigenvalue weighted by Crippen LogP contribution is -2.32. The van der Waals surface area contributed by atoms with Crippen LogP contribution in [-0.2, 0) is 4.79 Å². The average Bonchev–Trinajstić information content (AvgIpc) is 3.42. The largest absolute Gasteiger partial charge is 0.484 e. The first-order chi connectivity index (χ1) is 14.5. The number of imidazole rings is 1. The van der Waals surface area contributed by atoms with Gasteiger partial charge in [-0.25, -0.2) is 4.98 Å². The number of amides is 1. The number of benzene rings is 2. The molecule has 0 aliphatic carbocycles. The molecule has 152 valence electrons. The van der Waals surface area contributed by atoms with Crippen molar-refractivity contribution in [3.05, 3.63) is 58.9 Å². The van der Waals surface area contributed by atoms with Crippen LogP contribution in [0.2, 0.25) is 0 Å². The number of aryl methyl sites for hydroxylation is 2. The van der Waals surface area contributed by atoms with Crippen molar-refractivity contribution in [2.24, 2.45) is 0 Å². The molecule has 1 N–H and O–H groups in total. The number of hydrogen-bond acceptors (Lipinski definition) is 4. The van der Waals surface area contributed by atoms with Gasteiger partial charge in [0, 0.05) is 13.1 Å². The van der Waals surface area contributed by atoms with E-state index < -0.39 is 0 Å². The van der Waals surface area contributed by atoms with E-state index in [-0.39, 0.29) is 12.5 Å². The van der Waals surface area contributed by atoms with Crippen LogP contribution in [-0.4, -0.2) is 40.5 Å². The van der Waals surface area contributed by atoms with E-state index in [1.807, 2.05) is 48.2 Å². The Morgan fingerprint density at radius 2 is 1.90 bits per heavy atom. The van der Waals surface area contributed by atoms with E-state index in [0.29, 0.717) is 17.1 Å². The molecular formula is C24H24N4O2. The van der Waals surface area contributed by atoms with Crippen LogP contribution in [0.3, 0.4) is 0 Å². The third-order valence-electron chi connectivity index (χ3n) is 5.49. The number of hydrogen-bond donors (Lipinski definition) is 1. The van der Waals surface area contributed by atoms with Crippen LogP contribution in [0, 0.1) is 25.2 Å². The molecule has 0 atom stereocenters. The number of likely N-dealkylation sites (tertiary alicyclic amines) is 1. The van der Waals surface area contributed by atoms with Gasteiger partial charge in [-0.15, -0.1) is 0 Å². The predicted molar refractivity (Wildman–Crippen MR) is 117 cm³/mol. The van der Waals surface area contributed by atoms with E-state index in [0.717, 1.165) is 42.5 Å². The summed E-state index contributed by atoms with van der Waals surface area (Å²) in [5.41, 5.74) is 5.43. The van der Waals surface area contributed by atoms with Crippen molar-refractivity contribution in [1.82, 2.24) is 14.9 Å². The van der Waals surface area contributed by atoms with Crippen LogP contribution >= 0.6 is 0 Å². The van der Waals surface area contributed by atoms with Crippen molar-refractivity contribution in [3.63, 3.8) is 0 Å². The molecule has 6 nitrogen and oxygen atoms in total. The Balaban J connectivity index is 1.47. The smallest absolute Gasteiger partial charge is 0.260 e. The second-order valence-corrected chi connectivity index (χ2v) is 7.65. The summed E-state index contributed by atoms with van der Waals surface area (Å²) in [4.78, 5) is 21.7. The molecule has 0 radical (unpaired) electrons. The molecule has 1 aromatic heterocycles. The number of ether oxygens (including phenoxy) is 1. The summed E-state index contributed by atoms with van der Waals surface area (Å²) in [7, 11) is 0. The zero-order valence-corrected chi connectivity index (χ0v) is 17.2. The SMILES string of the molecule is Cc1cc2nc(C(C#N)=Cc3ccc(OCC(=O)N4CCCC4)cc3)[nH]c2cc1C. The fourth-order valence-electron chi connectivity index (χ4n) is 3.58. The third kappa shape index (κ3) is 4.20. The minimum absolute atomic E-state index is 0.0265. The van der Waals surface area contributed by atoms with E-state index in [4.69, 9.17) is 4.74 Å². The van der Waals surface area contributed by atoms with Crippen LogP contribution in [0.4, 0.5) is 0 Å².